The van der Waals surface area contributed by atoms with Crippen molar-refractivity contribution in [2.24, 2.45) is 0 Å². The van der Waals surface area contributed by atoms with Gasteiger partial charge in [0, 0.05) is 0 Å². The molecule has 5 nitrogen and oxygen atoms in total. The Hall–Kier alpha value is -3.87. The molecular weight excluding hydrogens is 500 g/mol. The van der Waals surface area contributed by atoms with Crippen LogP contribution in [0.3, 0.4) is 0 Å². The molecule has 0 saturated carbocycles. The molecule has 1 aliphatic carbocycles. The second-order valence-electron chi connectivity index (χ2n) is 9.80. The number of hydrogen-bond donors (Lipinski definition) is 0. The van der Waals surface area contributed by atoms with Gasteiger partial charge in [-0.15, -0.1) is 0 Å². The third-order valence-electron chi connectivity index (χ3n) is 6.78. The van der Waals surface area contributed by atoms with Crippen molar-refractivity contribution in [2.45, 2.75) is 44.7 Å². The second-order valence-corrected chi connectivity index (χ2v) is 9.80. The zero-order chi connectivity index (χ0) is 27.4. The highest BCUT2D eigenvalue weighted by Crippen LogP contribution is 2.28. The lowest BCUT2D eigenvalue weighted by Crippen LogP contribution is -2.51. The first-order valence-corrected chi connectivity index (χ1v) is 13.6. The molecule has 5 rings (SSSR count). The van der Waals surface area contributed by atoms with Gasteiger partial charge in [0.1, 0.15) is 18.3 Å². The first-order chi connectivity index (χ1) is 19.8. The molecule has 0 unspecified atom stereocenters. The summed E-state index contributed by atoms with van der Waals surface area (Å²) in [5.74, 6) is -0.146. The predicted molar refractivity (Wildman–Crippen MR) is 154 cm³/mol. The molecule has 0 heterocycles. The van der Waals surface area contributed by atoms with Crippen LogP contribution in [0.1, 0.15) is 22.3 Å². The molecule has 3 atom stereocenters. The lowest BCUT2D eigenvalue weighted by molar-refractivity contribution is -0.163. The molecule has 0 spiro atoms. The molecule has 4 aromatic rings. The van der Waals surface area contributed by atoms with Crippen molar-refractivity contribution in [3.8, 4) is 0 Å². The number of ketones is 1. The molecule has 40 heavy (non-hydrogen) atoms. The van der Waals surface area contributed by atoms with Crippen LogP contribution in [0, 0.1) is 0 Å². The summed E-state index contributed by atoms with van der Waals surface area (Å²) in [7, 11) is 0. The number of rotatable bonds is 13. The fraction of sp³-hybridized carbons (Fsp3) is 0.229. The summed E-state index contributed by atoms with van der Waals surface area (Å²) < 4.78 is 25.3. The Morgan fingerprint density at radius 1 is 0.450 bits per heavy atom. The largest absolute Gasteiger partial charge is 0.372 e. The number of benzene rings is 4. The maximum Gasteiger partial charge on any atom is 0.187 e. The van der Waals surface area contributed by atoms with Crippen molar-refractivity contribution in [3.63, 3.8) is 0 Å². The highest BCUT2D eigenvalue weighted by molar-refractivity contribution is 5.96. The summed E-state index contributed by atoms with van der Waals surface area (Å²) >= 11 is 0. The van der Waals surface area contributed by atoms with Crippen molar-refractivity contribution in [3.05, 3.63) is 155 Å². The van der Waals surface area contributed by atoms with Crippen LogP contribution >= 0.6 is 0 Å². The van der Waals surface area contributed by atoms with Gasteiger partial charge in [0.25, 0.3) is 0 Å². The maximum absolute atomic E-state index is 13.5. The average Bonchev–Trinajstić information content (AvgIpc) is 3.01. The summed E-state index contributed by atoms with van der Waals surface area (Å²) in [5, 5.41) is 0. The SMILES string of the molecule is O=C1C=C(COCc2ccccc2)[C@@H](OCc2ccccc2)[C@@H](OCc2ccccc2)[C@@H]1OCc1ccccc1. The van der Waals surface area contributed by atoms with Crippen molar-refractivity contribution in [1.82, 2.24) is 0 Å². The highest BCUT2D eigenvalue weighted by Gasteiger charge is 2.42. The van der Waals surface area contributed by atoms with Crippen molar-refractivity contribution in [1.29, 1.82) is 0 Å². The second kappa shape index (κ2) is 14.5. The van der Waals surface area contributed by atoms with Crippen LogP contribution in [0.15, 0.2) is 133 Å². The van der Waals surface area contributed by atoms with E-state index in [-0.39, 0.29) is 12.4 Å². The zero-order valence-corrected chi connectivity index (χ0v) is 22.4. The van der Waals surface area contributed by atoms with Crippen molar-refractivity contribution < 1.29 is 23.7 Å². The van der Waals surface area contributed by atoms with E-state index in [4.69, 9.17) is 18.9 Å². The van der Waals surface area contributed by atoms with Gasteiger partial charge in [-0.3, -0.25) is 4.79 Å². The van der Waals surface area contributed by atoms with E-state index < -0.39 is 18.3 Å². The maximum atomic E-state index is 13.5. The Kier molecular flexibility index (Phi) is 10.0. The van der Waals surface area contributed by atoms with Gasteiger partial charge in [-0.25, -0.2) is 0 Å². The molecule has 1 aliphatic rings. The van der Waals surface area contributed by atoms with Crippen LogP contribution in [0.25, 0.3) is 0 Å². The smallest absolute Gasteiger partial charge is 0.187 e. The lowest BCUT2D eigenvalue weighted by Gasteiger charge is -2.37. The third-order valence-corrected chi connectivity index (χ3v) is 6.78. The topological polar surface area (TPSA) is 54.0 Å². The van der Waals surface area contributed by atoms with E-state index in [0.717, 1.165) is 27.8 Å². The summed E-state index contributed by atoms with van der Waals surface area (Å²) in [5.41, 5.74) is 4.84. The summed E-state index contributed by atoms with van der Waals surface area (Å²) in [6.45, 7) is 1.67. The first kappa shape index (κ1) is 27.7. The Morgan fingerprint density at radius 2 is 0.850 bits per heavy atom. The van der Waals surface area contributed by atoms with E-state index in [9.17, 15) is 4.79 Å². The quantitative estimate of drug-likeness (QED) is 0.197. The van der Waals surface area contributed by atoms with Gasteiger partial charge in [-0.2, -0.15) is 0 Å². The van der Waals surface area contributed by atoms with Gasteiger partial charge in [0.05, 0.1) is 33.0 Å². The minimum absolute atomic E-state index is 0.146. The molecule has 0 saturated heterocycles. The summed E-state index contributed by atoms with van der Waals surface area (Å²) in [6, 6.07) is 39.7. The van der Waals surface area contributed by atoms with Gasteiger partial charge in [-0.1, -0.05) is 121 Å². The molecule has 0 amide bonds. The van der Waals surface area contributed by atoms with E-state index in [0.29, 0.717) is 26.4 Å². The van der Waals surface area contributed by atoms with Crippen LogP contribution in [0.2, 0.25) is 0 Å². The summed E-state index contributed by atoms with van der Waals surface area (Å²) in [6.07, 6.45) is -0.375. The molecule has 0 bridgehead atoms. The van der Waals surface area contributed by atoms with Crippen molar-refractivity contribution >= 4 is 5.78 Å². The molecule has 0 N–H and O–H groups in total. The average molecular weight is 535 g/mol. The van der Waals surface area contributed by atoms with E-state index >= 15 is 0 Å². The van der Waals surface area contributed by atoms with Crippen LogP contribution in [-0.4, -0.2) is 30.7 Å². The third kappa shape index (κ3) is 7.84. The monoisotopic (exact) mass is 534 g/mol. The number of carbonyl (C=O) groups excluding carboxylic acids is 1. The number of ether oxygens (including phenoxy) is 4. The molecule has 5 heteroatoms. The fourth-order valence-corrected chi connectivity index (χ4v) is 4.70. The van der Waals surface area contributed by atoms with Gasteiger partial charge in [0.15, 0.2) is 5.78 Å². The first-order valence-electron chi connectivity index (χ1n) is 13.6. The van der Waals surface area contributed by atoms with Crippen LogP contribution in [0.5, 0.6) is 0 Å². The minimum Gasteiger partial charge on any atom is -0.372 e. The Labute approximate surface area is 236 Å². The number of carbonyl (C=O) groups is 1. The van der Waals surface area contributed by atoms with E-state index in [1.54, 1.807) is 6.08 Å². The summed E-state index contributed by atoms with van der Waals surface area (Å²) in [4.78, 5) is 13.5. The molecule has 0 radical (unpaired) electrons. The predicted octanol–water partition coefficient (Wildman–Crippen LogP) is 6.47. The Balaban J connectivity index is 1.39. The molecule has 0 aromatic heterocycles. The molecule has 0 fully saturated rings. The normalized spacial score (nSPS) is 18.9. The van der Waals surface area contributed by atoms with Crippen LogP contribution < -0.4 is 0 Å². The van der Waals surface area contributed by atoms with Crippen molar-refractivity contribution in [2.75, 3.05) is 6.61 Å². The lowest BCUT2D eigenvalue weighted by atomic mass is 9.90. The Morgan fingerprint density at radius 3 is 1.32 bits per heavy atom. The molecule has 4 aromatic carbocycles. The van der Waals surface area contributed by atoms with E-state index in [1.165, 1.54) is 0 Å². The number of hydrogen-bond acceptors (Lipinski definition) is 5. The van der Waals surface area contributed by atoms with E-state index in [2.05, 4.69) is 0 Å². The van der Waals surface area contributed by atoms with Gasteiger partial charge in [-0.05, 0) is 33.9 Å². The van der Waals surface area contributed by atoms with E-state index in [1.807, 2.05) is 121 Å². The van der Waals surface area contributed by atoms with Gasteiger partial charge >= 0.3 is 0 Å². The van der Waals surface area contributed by atoms with Crippen LogP contribution in [-0.2, 0) is 50.2 Å². The molecule has 204 valence electrons. The van der Waals surface area contributed by atoms with Gasteiger partial charge in [0.2, 0.25) is 0 Å². The van der Waals surface area contributed by atoms with Crippen LogP contribution in [0.4, 0.5) is 0 Å². The molecule has 0 aliphatic heterocycles. The minimum atomic E-state index is -0.817. The van der Waals surface area contributed by atoms with Gasteiger partial charge < -0.3 is 18.9 Å². The fourth-order valence-electron chi connectivity index (χ4n) is 4.70. The Bertz CT molecular complexity index is 1340. The highest BCUT2D eigenvalue weighted by atomic mass is 16.6. The molecular formula is C35H34O5. The zero-order valence-electron chi connectivity index (χ0n) is 22.4. The standard InChI is InChI=1S/C35H34O5/c36-32-21-31(26-37-22-27-13-5-1-6-14-27)33(38-23-28-15-7-2-8-16-28)35(40-25-30-19-11-4-12-20-30)34(32)39-24-29-17-9-3-10-18-29/h1-21,33-35H,22-26H2/t33-,34-,35-/m1/s1.